The van der Waals surface area contributed by atoms with Gasteiger partial charge in [-0.15, -0.1) is 11.6 Å². The Labute approximate surface area is 181 Å². The molecule has 0 bridgehead atoms. The van der Waals surface area contributed by atoms with Gasteiger partial charge in [0.2, 0.25) is 5.79 Å². The van der Waals surface area contributed by atoms with Crippen LogP contribution >= 0.6 is 50.7 Å². The van der Waals surface area contributed by atoms with Crippen molar-refractivity contribution in [3.8, 4) is 11.5 Å². The number of hydrogen-bond acceptors (Lipinski definition) is 4. The Bertz CT molecular complexity index is 759. The van der Waals surface area contributed by atoms with E-state index in [9.17, 15) is 0 Å². The lowest BCUT2D eigenvalue weighted by molar-refractivity contribution is -0.159. The molecule has 3 rings (SSSR count). The van der Waals surface area contributed by atoms with Crippen molar-refractivity contribution >= 4 is 50.7 Å². The van der Waals surface area contributed by atoms with E-state index >= 15 is 0 Å². The molecule has 0 radical (unpaired) electrons. The number of halogens is 4. The molecule has 27 heavy (non-hydrogen) atoms. The first-order valence-corrected chi connectivity index (χ1v) is 10.7. The minimum Gasteiger partial charge on any atom is -0.492 e. The van der Waals surface area contributed by atoms with Gasteiger partial charge in [0.05, 0.1) is 22.8 Å². The van der Waals surface area contributed by atoms with Crippen molar-refractivity contribution in [2.24, 2.45) is 0 Å². The third kappa shape index (κ3) is 5.22. The Morgan fingerprint density at radius 2 is 1.78 bits per heavy atom. The van der Waals surface area contributed by atoms with E-state index in [1.54, 1.807) is 12.1 Å². The molecule has 0 N–H and O–H groups in total. The molecule has 1 aliphatic heterocycles. The minimum atomic E-state index is -0.963. The van der Waals surface area contributed by atoms with Gasteiger partial charge in [-0.2, -0.15) is 0 Å². The summed E-state index contributed by atoms with van der Waals surface area (Å²) < 4.78 is 23.4. The van der Waals surface area contributed by atoms with Crippen LogP contribution in [0, 0.1) is 0 Å². The van der Waals surface area contributed by atoms with E-state index in [-0.39, 0.29) is 6.10 Å². The van der Waals surface area contributed by atoms with Crippen molar-refractivity contribution in [3.05, 3.63) is 58.1 Å². The SMILES string of the molecule is ClCCOc1ccc(OCC2COC(CBr)(c3ccc(Cl)cc3Cl)O2)cc1. The van der Waals surface area contributed by atoms with Crippen LogP contribution in [-0.2, 0) is 15.3 Å². The topological polar surface area (TPSA) is 36.9 Å². The molecule has 8 heteroatoms. The molecule has 0 spiro atoms. The van der Waals surface area contributed by atoms with E-state index < -0.39 is 5.79 Å². The highest BCUT2D eigenvalue weighted by Crippen LogP contribution is 2.40. The maximum Gasteiger partial charge on any atom is 0.206 e. The molecule has 4 nitrogen and oxygen atoms in total. The van der Waals surface area contributed by atoms with E-state index in [1.807, 2.05) is 30.3 Å². The summed E-state index contributed by atoms with van der Waals surface area (Å²) in [5.74, 6) is 0.955. The quantitative estimate of drug-likeness (QED) is 0.443. The van der Waals surface area contributed by atoms with Gasteiger partial charge in [-0.1, -0.05) is 45.2 Å². The van der Waals surface area contributed by atoms with E-state index in [4.69, 9.17) is 53.8 Å². The molecule has 146 valence electrons. The van der Waals surface area contributed by atoms with Crippen LogP contribution < -0.4 is 9.47 Å². The molecule has 2 atom stereocenters. The average Bonchev–Trinajstić information content (AvgIpc) is 3.10. The van der Waals surface area contributed by atoms with Gasteiger partial charge in [-0.25, -0.2) is 0 Å². The van der Waals surface area contributed by atoms with E-state index in [0.29, 0.717) is 41.1 Å². The van der Waals surface area contributed by atoms with Crippen LogP contribution in [0.3, 0.4) is 0 Å². The van der Waals surface area contributed by atoms with Crippen LogP contribution in [-0.4, -0.2) is 37.1 Å². The first-order valence-electron chi connectivity index (χ1n) is 8.31. The number of rotatable bonds is 8. The van der Waals surface area contributed by atoms with Gasteiger partial charge in [0.1, 0.15) is 30.8 Å². The average molecular weight is 497 g/mol. The lowest BCUT2D eigenvalue weighted by atomic mass is 10.1. The van der Waals surface area contributed by atoms with Crippen molar-refractivity contribution in [2.45, 2.75) is 11.9 Å². The van der Waals surface area contributed by atoms with Crippen LogP contribution in [0.5, 0.6) is 11.5 Å². The van der Waals surface area contributed by atoms with Crippen molar-refractivity contribution < 1.29 is 18.9 Å². The zero-order valence-electron chi connectivity index (χ0n) is 14.3. The molecule has 1 saturated heterocycles. The van der Waals surface area contributed by atoms with Crippen molar-refractivity contribution in [2.75, 3.05) is 31.0 Å². The highest BCUT2D eigenvalue weighted by molar-refractivity contribution is 9.09. The van der Waals surface area contributed by atoms with Gasteiger partial charge in [0.15, 0.2) is 0 Å². The Hall–Kier alpha value is -0.690. The summed E-state index contributed by atoms with van der Waals surface area (Å²) in [6.45, 7) is 1.21. The molecule has 0 saturated carbocycles. The fourth-order valence-corrected chi connectivity index (χ4v) is 3.93. The van der Waals surface area contributed by atoms with Crippen LogP contribution in [0.1, 0.15) is 5.56 Å². The maximum absolute atomic E-state index is 6.33. The fourth-order valence-electron chi connectivity index (χ4n) is 2.71. The van der Waals surface area contributed by atoms with Gasteiger partial charge in [0, 0.05) is 10.6 Å². The summed E-state index contributed by atoms with van der Waals surface area (Å²) in [6, 6.07) is 12.6. The lowest BCUT2D eigenvalue weighted by Crippen LogP contribution is -2.31. The molecule has 1 aliphatic rings. The second kappa shape index (κ2) is 9.68. The standard InChI is InChI=1S/C19H18BrCl3O4/c20-12-19(17-6-1-13(22)9-18(17)23)26-11-16(27-19)10-25-15-4-2-14(3-5-15)24-8-7-21/h1-6,9,16H,7-8,10-12H2. The Balaban J connectivity index is 1.60. The highest BCUT2D eigenvalue weighted by atomic mass is 79.9. The largest absolute Gasteiger partial charge is 0.492 e. The van der Waals surface area contributed by atoms with Gasteiger partial charge in [-0.05, 0) is 36.4 Å². The lowest BCUT2D eigenvalue weighted by Gasteiger charge is -2.27. The Morgan fingerprint density at radius 3 is 2.41 bits per heavy atom. The summed E-state index contributed by atoms with van der Waals surface area (Å²) in [4.78, 5) is 0. The predicted molar refractivity (Wildman–Crippen MR) is 111 cm³/mol. The second-order valence-corrected chi connectivity index (χ2v) is 7.66. The third-order valence-electron chi connectivity index (χ3n) is 3.98. The molecule has 2 aromatic rings. The van der Waals surface area contributed by atoms with Crippen molar-refractivity contribution in [1.82, 2.24) is 0 Å². The second-order valence-electron chi connectivity index (χ2n) is 5.88. The summed E-state index contributed by atoms with van der Waals surface area (Å²) in [7, 11) is 0. The van der Waals surface area contributed by atoms with Crippen LogP contribution in [0.4, 0.5) is 0 Å². The molecule has 0 amide bonds. The van der Waals surface area contributed by atoms with Gasteiger partial charge >= 0.3 is 0 Å². The number of ether oxygens (including phenoxy) is 4. The molecule has 1 fully saturated rings. The number of hydrogen-bond donors (Lipinski definition) is 0. The predicted octanol–water partition coefficient (Wildman–Crippen LogP) is 5.65. The van der Waals surface area contributed by atoms with Crippen LogP contribution in [0.2, 0.25) is 10.0 Å². The first-order chi connectivity index (χ1) is 13.1. The summed E-state index contributed by atoms with van der Waals surface area (Å²) in [5.41, 5.74) is 0.730. The molecule has 2 unspecified atom stereocenters. The molecular weight excluding hydrogens is 478 g/mol. The molecular formula is C19H18BrCl3O4. The van der Waals surface area contributed by atoms with E-state index in [0.717, 1.165) is 17.1 Å². The Kier molecular flexibility index (Phi) is 7.54. The molecule has 2 aromatic carbocycles. The van der Waals surface area contributed by atoms with Gasteiger partial charge in [0.25, 0.3) is 0 Å². The molecule has 1 heterocycles. The van der Waals surface area contributed by atoms with Crippen molar-refractivity contribution in [1.29, 1.82) is 0 Å². The number of alkyl halides is 2. The van der Waals surface area contributed by atoms with Gasteiger partial charge < -0.3 is 18.9 Å². The van der Waals surface area contributed by atoms with Crippen molar-refractivity contribution in [3.63, 3.8) is 0 Å². The van der Waals surface area contributed by atoms with Gasteiger partial charge in [-0.3, -0.25) is 0 Å². The zero-order chi connectivity index (χ0) is 19.3. The molecule has 0 aliphatic carbocycles. The fraction of sp³-hybridized carbons (Fsp3) is 0.368. The number of benzene rings is 2. The summed E-state index contributed by atoms with van der Waals surface area (Å²) in [6.07, 6.45) is -0.235. The molecule has 0 aromatic heterocycles. The normalized spacial score (nSPS) is 22.0. The van der Waals surface area contributed by atoms with Crippen LogP contribution in [0.15, 0.2) is 42.5 Å². The van der Waals surface area contributed by atoms with E-state index in [1.165, 1.54) is 0 Å². The maximum atomic E-state index is 6.33. The summed E-state index contributed by atoms with van der Waals surface area (Å²) >= 11 is 21.4. The Morgan fingerprint density at radius 1 is 1.07 bits per heavy atom. The van der Waals surface area contributed by atoms with E-state index in [2.05, 4.69) is 15.9 Å². The zero-order valence-corrected chi connectivity index (χ0v) is 18.2. The minimum absolute atomic E-state index is 0.235. The highest BCUT2D eigenvalue weighted by Gasteiger charge is 2.44. The van der Waals surface area contributed by atoms with Crippen LogP contribution in [0.25, 0.3) is 0 Å². The third-order valence-corrected chi connectivity index (χ3v) is 5.42. The summed E-state index contributed by atoms with van der Waals surface area (Å²) in [5, 5.41) is 1.49. The first kappa shape index (κ1) is 21.0. The monoisotopic (exact) mass is 494 g/mol. The smallest absolute Gasteiger partial charge is 0.206 e.